The quantitative estimate of drug-likeness (QED) is 0.642. The third-order valence-corrected chi connectivity index (χ3v) is 3.63. The minimum atomic E-state index is -0.563. The Labute approximate surface area is 139 Å². The molecule has 6 nitrogen and oxygen atoms in total. The van der Waals surface area contributed by atoms with Gasteiger partial charge in [0.25, 0.3) is 5.91 Å². The van der Waals surface area contributed by atoms with Crippen LogP contribution in [0.4, 0.5) is 0 Å². The number of hydrogen-bond donors (Lipinski definition) is 1. The minimum absolute atomic E-state index is 0.277. The summed E-state index contributed by atoms with van der Waals surface area (Å²) in [7, 11) is 0. The number of fused-ring (bicyclic) bond motifs is 4. The van der Waals surface area contributed by atoms with E-state index in [1.54, 1.807) is 24.4 Å². The predicted octanol–water partition coefficient (Wildman–Crippen LogP) is 2.17. The van der Waals surface area contributed by atoms with Gasteiger partial charge >= 0.3 is 6.01 Å². The van der Waals surface area contributed by atoms with E-state index in [-0.39, 0.29) is 11.9 Å². The fraction of sp³-hybridized carbons (Fsp3) is 0.222. The van der Waals surface area contributed by atoms with E-state index in [9.17, 15) is 9.59 Å². The first kappa shape index (κ1) is 15.9. The van der Waals surface area contributed by atoms with E-state index >= 15 is 0 Å². The molecule has 0 saturated heterocycles. The van der Waals surface area contributed by atoms with Gasteiger partial charge in [0.1, 0.15) is 6.29 Å². The summed E-state index contributed by atoms with van der Waals surface area (Å²) < 4.78 is 5.54. The second kappa shape index (κ2) is 7.50. The first-order valence-electron chi connectivity index (χ1n) is 7.74. The molecule has 1 N–H and O–H groups in total. The molecule has 3 rings (SSSR count). The van der Waals surface area contributed by atoms with Gasteiger partial charge < -0.3 is 14.8 Å². The molecule has 122 valence electrons. The van der Waals surface area contributed by atoms with Crippen LogP contribution in [0, 0.1) is 0 Å². The number of rotatable bonds is 1. The molecule has 0 saturated carbocycles. The van der Waals surface area contributed by atoms with Crippen LogP contribution < -0.4 is 10.1 Å². The molecule has 1 amide bonds. The van der Waals surface area contributed by atoms with Crippen molar-refractivity contribution in [3.8, 4) is 17.3 Å². The SMILES string of the molecule is O=CC1C/C=C\CCOc2nccc(n2)-c2ccccc2C(=O)N1. The van der Waals surface area contributed by atoms with Crippen LogP contribution in [-0.4, -0.2) is 34.8 Å². The average Bonchev–Trinajstić information content (AvgIpc) is 2.63. The molecule has 0 spiro atoms. The van der Waals surface area contributed by atoms with Crippen molar-refractivity contribution < 1.29 is 14.3 Å². The highest BCUT2D eigenvalue weighted by molar-refractivity contribution is 6.01. The molecule has 1 aromatic carbocycles. The van der Waals surface area contributed by atoms with Crippen LogP contribution in [0.1, 0.15) is 23.2 Å². The second-order valence-corrected chi connectivity index (χ2v) is 5.33. The Kier molecular flexibility index (Phi) is 4.96. The fourth-order valence-corrected chi connectivity index (χ4v) is 2.44. The van der Waals surface area contributed by atoms with Crippen LogP contribution in [0.2, 0.25) is 0 Å². The number of amides is 1. The summed E-state index contributed by atoms with van der Waals surface area (Å²) in [5.41, 5.74) is 1.72. The Morgan fingerprint density at radius 1 is 1.17 bits per heavy atom. The molecule has 2 heterocycles. The van der Waals surface area contributed by atoms with E-state index in [0.29, 0.717) is 36.3 Å². The van der Waals surface area contributed by atoms with Gasteiger partial charge in [0.2, 0.25) is 0 Å². The number of hydrogen-bond acceptors (Lipinski definition) is 5. The number of aldehydes is 1. The van der Waals surface area contributed by atoms with Crippen molar-refractivity contribution in [3.63, 3.8) is 0 Å². The number of carbonyl (C=O) groups excluding carboxylic acids is 2. The topological polar surface area (TPSA) is 81.2 Å². The van der Waals surface area contributed by atoms with Crippen molar-refractivity contribution in [2.45, 2.75) is 18.9 Å². The van der Waals surface area contributed by atoms with Gasteiger partial charge in [0, 0.05) is 17.3 Å². The molecule has 1 unspecified atom stereocenters. The molecule has 1 aliphatic rings. The first-order valence-corrected chi connectivity index (χ1v) is 7.74. The van der Waals surface area contributed by atoms with Crippen molar-refractivity contribution in [2.24, 2.45) is 0 Å². The first-order chi connectivity index (χ1) is 11.8. The van der Waals surface area contributed by atoms with Crippen molar-refractivity contribution in [3.05, 3.63) is 54.2 Å². The van der Waals surface area contributed by atoms with E-state index in [1.165, 1.54) is 0 Å². The smallest absolute Gasteiger partial charge is 0.316 e. The molecule has 1 aliphatic heterocycles. The van der Waals surface area contributed by atoms with Crippen molar-refractivity contribution in [1.82, 2.24) is 15.3 Å². The molecule has 0 fully saturated rings. The molecule has 2 bridgehead atoms. The summed E-state index contributed by atoms with van der Waals surface area (Å²) in [5.74, 6) is -0.311. The summed E-state index contributed by atoms with van der Waals surface area (Å²) in [6.07, 6.45) is 7.23. The number of carbonyl (C=O) groups is 2. The largest absolute Gasteiger partial charge is 0.463 e. The summed E-state index contributed by atoms with van der Waals surface area (Å²) >= 11 is 0. The normalized spacial score (nSPS) is 19.2. The number of benzene rings is 1. The monoisotopic (exact) mass is 323 g/mol. The van der Waals surface area contributed by atoms with Crippen molar-refractivity contribution >= 4 is 12.2 Å². The Morgan fingerprint density at radius 3 is 2.83 bits per heavy atom. The maximum Gasteiger partial charge on any atom is 0.316 e. The van der Waals surface area contributed by atoms with Crippen LogP contribution in [0.15, 0.2) is 48.7 Å². The van der Waals surface area contributed by atoms with E-state index in [2.05, 4.69) is 15.3 Å². The Balaban J connectivity index is 2.03. The molecule has 1 atom stereocenters. The number of ether oxygens (including phenoxy) is 1. The molecule has 0 aliphatic carbocycles. The number of aromatic nitrogens is 2. The third kappa shape index (κ3) is 3.65. The average molecular weight is 323 g/mol. The van der Waals surface area contributed by atoms with Gasteiger partial charge in [-0.25, -0.2) is 4.98 Å². The highest BCUT2D eigenvalue weighted by atomic mass is 16.5. The van der Waals surface area contributed by atoms with Gasteiger partial charge in [0.15, 0.2) is 0 Å². The minimum Gasteiger partial charge on any atom is -0.463 e. The molecular formula is C18H17N3O3. The van der Waals surface area contributed by atoms with Crippen LogP contribution in [-0.2, 0) is 4.79 Å². The molecule has 0 radical (unpaired) electrons. The van der Waals surface area contributed by atoms with Gasteiger partial charge in [-0.1, -0.05) is 30.4 Å². The summed E-state index contributed by atoms with van der Waals surface area (Å²) in [6, 6.07) is 8.56. The molecule has 2 aromatic rings. The third-order valence-electron chi connectivity index (χ3n) is 3.63. The Hall–Kier alpha value is -3.02. The van der Waals surface area contributed by atoms with E-state index in [4.69, 9.17) is 4.74 Å². The van der Waals surface area contributed by atoms with E-state index in [0.717, 1.165) is 6.29 Å². The zero-order valence-corrected chi connectivity index (χ0v) is 13.0. The van der Waals surface area contributed by atoms with Gasteiger partial charge in [0.05, 0.1) is 18.3 Å². The number of nitrogens with one attached hydrogen (secondary N) is 1. The lowest BCUT2D eigenvalue weighted by Gasteiger charge is -2.14. The highest BCUT2D eigenvalue weighted by Crippen LogP contribution is 2.23. The van der Waals surface area contributed by atoms with Gasteiger partial charge in [-0.3, -0.25) is 4.79 Å². The Morgan fingerprint density at radius 2 is 2.00 bits per heavy atom. The summed E-state index contributed by atoms with van der Waals surface area (Å²) in [5, 5.41) is 2.75. The number of nitrogens with zero attached hydrogens (tertiary/aromatic N) is 2. The Bertz CT molecular complexity index is 774. The highest BCUT2D eigenvalue weighted by Gasteiger charge is 2.17. The van der Waals surface area contributed by atoms with Crippen LogP contribution in [0.25, 0.3) is 11.3 Å². The lowest BCUT2D eigenvalue weighted by atomic mass is 10.0. The fourth-order valence-electron chi connectivity index (χ4n) is 2.44. The lowest BCUT2D eigenvalue weighted by molar-refractivity contribution is -0.109. The van der Waals surface area contributed by atoms with E-state index < -0.39 is 6.04 Å². The lowest BCUT2D eigenvalue weighted by Crippen LogP contribution is -2.35. The molecule has 6 heteroatoms. The van der Waals surface area contributed by atoms with Crippen LogP contribution >= 0.6 is 0 Å². The van der Waals surface area contributed by atoms with Gasteiger partial charge in [-0.05, 0) is 25.0 Å². The zero-order chi connectivity index (χ0) is 16.8. The van der Waals surface area contributed by atoms with Crippen LogP contribution in [0.3, 0.4) is 0 Å². The maximum atomic E-state index is 12.6. The second-order valence-electron chi connectivity index (χ2n) is 5.33. The van der Waals surface area contributed by atoms with Crippen molar-refractivity contribution in [2.75, 3.05) is 6.61 Å². The summed E-state index contributed by atoms with van der Waals surface area (Å²) in [4.78, 5) is 32.2. The molecule has 1 aromatic heterocycles. The summed E-state index contributed by atoms with van der Waals surface area (Å²) in [6.45, 7) is 0.444. The van der Waals surface area contributed by atoms with Gasteiger partial charge in [-0.2, -0.15) is 4.98 Å². The standard InChI is InChI=1S/C18H17N3O3/c22-12-13-6-2-1-5-11-24-18-19-10-9-16(21-18)14-7-3-4-8-15(14)17(23)20-13/h1-4,7-10,12-13H,5-6,11H2,(H,20,23)/b2-1-. The van der Waals surface area contributed by atoms with Crippen molar-refractivity contribution in [1.29, 1.82) is 0 Å². The zero-order valence-electron chi connectivity index (χ0n) is 13.0. The van der Waals surface area contributed by atoms with Gasteiger partial charge in [-0.15, -0.1) is 0 Å². The van der Waals surface area contributed by atoms with E-state index in [1.807, 2.05) is 24.3 Å². The molecular weight excluding hydrogens is 306 g/mol. The van der Waals surface area contributed by atoms with Crippen LogP contribution in [0.5, 0.6) is 6.01 Å². The maximum absolute atomic E-state index is 12.6. The molecule has 24 heavy (non-hydrogen) atoms. The predicted molar refractivity (Wildman–Crippen MR) is 88.7 cm³/mol.